The van der Waals surface area contributed by atoms with Gasteiger partial charge in [-0.1, -0.05) is 15.9 Å². The van der Waals surface area contributed by atoms with Gasteiger partial charge in [0.1, 0.15) is 0 Å². The molecule has 0 aromatic heterocycles. The maximum Gasteiger partial charge on any atom is 0.255 e. The molecule has 0 aliphatic rings. The van der Waals surface area contributed by atoms with Crippen LogP contribution >= 0.6 is 15.9 Å². The van der Waals surface area contributed by atoms with Gasteiger partial charge in [-0.2, -0.15) is 0 Å². The normalized spacial score (nSPS) is 12.0. The van der Waals surface area contributed by atoms with E-state index in [1.807, 2.05) is 18.2 Å². The Morgan fingerprint density at radius 1 is 1.32 bits per heavy atom. The molecule has 0 atom stereocenters. The number of halogens is 3. The van der Waals surface area contributed by atoms with Gasteiger partial charge in [-0.3, -0.25) is 0 Å². The predicted octanol–water partition coefficient (Wildman–Crippen LogP) is 4.04. The Labute approximate surface area is 122 Å². The molecule has 0 aliphatic carbocycles. The van der Waals surface area contributed by atoms with Crippen molar-refractivity contribution in [3.8, 4) is 0 Å². The van der Waals surface area contributed by atoms with Crippen molar-refractivity contribution in [2.75, 3.05) is 18.5 Å². The largest absolute Gasteiger partial charge is 0.369 e. The van der Waals surface area contributed by atoms with E-state index in [-0.39, 0.29) is 12.1 Å². The summed E-state index contributed by atoms with van der Waals surface area (Å²) in [6.45, 7) is 6.62. The molecule has 1 rings (SSSR count). The third kappa shape index (κ3) is 5.87. The fourth-order valence-electron chi connectivity index (χ4n) is 1.73. The van der Waals surface area contributed by atoms with Gasteiger partial charge in [-0.05, 0) is 44.5 Å². The van der Waals surface area contributed by atoms with Crippen LogP contribution in [-0.2, 0) is 6.54 Å². The van der Waals surface area contributed by atoms with E-state index >= 15 is 0 Å². The molecule has 0 amide bonds. The van der Waals surface area contributed by atoms with Crippen LogP contribution in [0, 0.1) is 0 Å². The molecule has 2 nitrogen and oxygen atoms in total. The summed E-state index contributed by atoms with van der Waals surface area (Å²) in [7, 11) is 1.69. The van der Waals surface area contributed by atoms with Crippen LogP contribution in [0.4, 0.5) is 14.5 Å². The molecule has 5 heteroatoms. The quantitative estimate of drug-likeness (QED) is 0.874. The van der Waals surface area contributed by atoms with E-state index in [1.54, 1.807) is 11.9 Å². The standard InChI is InChI=1S/C14H21BrF2N2/c1-14(2,3)18-8-10-7-11(15)5-6-12(10)19(4)9-13(16)17/h5-7,13,18H,8-9H2,1-4H3. The molecule has 0 heterocycles. The van der Waals surface area contributed by atoms with Crippen molar-refractivity contribution in [3.05, 3.63) is 28.2 Å². The predicted molar refractivity (Wildman–Crippen MR) is 80.0 cm³/mol. The lowest BCUT2D eigenvalue weighted by atomic mass is 10.1. The van der Waals surface area contributed by atoms with Crippen LogP contribution in [0.15, 0.2) is 22.7 Å². The van der Waals surface area contributed by atoms with Gasteiger partial charge < -0.3 is 10.2 Å². The summed E-state index contributed by atoms with van der Waals surface area (Å²) < 4.78 is 25.9. The number of alkyl halides is 2. The topological polar surface area (TPSA) is 15.3 Å². The first-order chi connectivity index (χ1) is 8.69. The van der Waals surface area contributed by atoms with E-state index < -0.39 is 6.43 Å². The minimum atomic E-state index is -2.34. The number of nitrogens with zero attached hydrogens (tertiary/aromatic N) is 1. The Bertz CT molecular complexity index is 416. The van der Waals surface area contributed by atoms with Crippen molar-refractivity contribution < 1.29 is 8.78 Å². The van der Waals surface area contributed by atoms with Gasteiger partial charge in [0.15, 0.2) is 0 Å². The summed E-state index contributed by atoms with van der Waals surface area (Å²) in [5, 5.41) is 3.38. The SMILES string of the molecule is CN(CC(F)F)c1ccc(Br)cc1CNC(C)(C)C. The molecule has 19 heavy (non-hydrogen) atoms. The molecule has 0 unspecified atom stereocenters. The zero-order valence-corrected chi connectivity index (χ0v) is 13.4. The number of benzene rings is 1. The maximum atomic E-state index is 12.5. The lowest BCUT2D eigenvalue weighted by Crippen LogP contribution is -2.35. The molecule has 0 spiro atoms. The van der Waals surface area contributed by atoms with Crippen LogP contribution in [-0.4, -0.2) is 25.6 Å². The Balaban J connectivity index is 2.91. The first-order valence-corrected chi connectivity index (χ1v) is 7.01. The first-order valence-electron chi connectivity index (χ1n) is 6.22. The summed E-state index contributed by atoms with van der Waals surface area (Å²) in [5.74, 6) is 0. The average molecular weight is 335 g/mol. The highest BCUT2D eigenvalue weighted by atomic mass is 79.9. The van der Waals surface area contributed by atoms with Crippen LogP contribution in [0.3, 0.4) is 0 Å². The molecule has 0 radical (unpaired) electrons. The molecule has 108 valence electrons. The van der Waals surface area contributed by atoms with Crippen molar-refractivity contribution in [3.63, 3.8) is 0 Å². The fraction of sp³-hybridized carbons (Fsp3) is 0.571. The summed E-state index contributed by atoms with van der Waals surface area (Å²) >= 11 is 3.42. The van der Waals surface area contributed by atoms with Crippen LogP contribution in [0.1, 0.15) is 26.3 Å². The fourth-order valence-corrected chi connectivity index (χ4v) is 2.14. The van der Waals surface area contributed by atoms with Crippen LogP contribution in [0.5, 0.6) is 0 Å². The number of nitrogens with one attached hydrogen (secondary N) is 1. The maximum absolute atomic E-state index is 12.5. The third-order valence-corrected chi connectivity index (χ3v) is 3.17. The van der Waals surface area contributed by atoms with Gasteiger partial charge >= 0.3 is 0 Å². The molecule has 0 aliphatic heterocycles. The van der Waals surface area contributed by atoms with Crippen LogP contribution in [0.25, 0.3) is 0 Å². The second kappa shape index (κ2) is 6.66. The highest BCUT2D eigenvalue weighted by Gasteiger charge is 2.15. The smallest absolute Gasteiger partial charge is 0.255 e. The molecular formula is C14H21BrF2N2. The van der Waals surface area contributed by atoms with Crippen LogP contribution in [0.2, 0.25) is 0 Å². The summed E-state index contributed by atoms with van der Waals surface area (Å²) in [4.78, 5) is 1.59. The average Bonchev–Trinajstić information content (AvgIpc) is 2.24. The van der Waals surface area contributed by atoms with Gasteiger partial charge in [-0.15, -0.1) is 0 Å². The Kier molecular flexibility index (Phi) is 5.74. The molecular weight excluding hydrogens is 314 g/mol. The van der Waals surface area contributed by atoms with Crippen molar-refractivity contribution in [2.24, 2.45) is 0 Å². The molecule has 0 saturated carbocycles. The highest BCUT2D eigenvalue weighted by molar-refractivity contribution is 9.10. The summed E-state index contributed by atoms with van der Waals surface area (Å²) in [6, 6.07) is 5.71. The highest BCUT2D eigenvalue weighted by Crippen LogP contribution is 2.25. The number of anilines is 1. The zero-order chi connectivity index (χ0) is 14.6. The first kappa shape index (κ1) is 16.4. The van der Waals surface area contributed by atoms with E-state index in [0.717, 1.165) is 15.7 Å². The van der Waals surface area contributed by atoms with E-state index in [9.17, 15) is 8.78 Å². The lowest BCUT2D eigenvalue weighted by molar-refractivity contribution is 0.156. The van der Waals surface area contributed by atoms with Crippen molar-refractivity contribution in [1.29, 1.82) is 0 Å². The van der Waals surface area contributed by atoms with Gasteiger partial charge in [0, 0.05) is 29.3 Å². The number of hydrogen-bond acceptors (Lipinski definition) is 2. The number of rotatable bonds is 5. The molecule has 1 N–H and O–H groups in total. The zero-order valence-electron chi connectivity index (χ0n) is 11.8. The van der Waals surface area contributed by atoms with Gasteiger partial charge in [0.2, 0.25) is 0 Å². The summed E-state index contributed by atoms with van der Waals surface area (Å²) in [5.41, 5.74) is 1.83. The third-order valence-electron chi connectivity index (χ3n) is 2.67. The summed E-state index contributed by atoms with van der Waals surface area (Å²) in [6.07, 6.45) is -2.34. The van der Waals surface area contributed by atoms with E-state index in [2.05, 4.69) is 42.0 Å². The monoisotopic (exact) mass is 334 g/mol. The van der Waals surface area contributed by atoms with E-state index in [1.165, 1.54) is 0 Å². The Hall–Kier alpha value is -0.680. The second-order valence-corrected chi connectivity index (χ2v) is 6.56. The van der Waals surface area contributed by atoms with Gasteiger partial charge in [-0.25, -0.2) is 8.78 Å². The van der Waals surface area contributed by atoms with Crippen molar-refractivity contribution in [2.45, 2.75) is 39.3 Å². The Morgan fingerprint density at radius 2 is 1.95 bits per heavy atom. The molecule has 0 bridgehead atoms. The molecule has 0 saturated heterocycles. The number of hydrogen-bond donors (Lipinski definition) is 1. The minimum Gasteiger partial charge on any atom is -0.369 e. The van der Waals surface area contributed by atoms with Crippen molar-refractivity contribution >= 4 is 21.6 Å². The van der Waals surface area contributed by atoms with Gasteiger partial charge in [0.25, 0.3) is 6.43 Å². The Morgan fingerprint density at radius 3 is 2.47 bits per heavy atom. The molecule has 1 aromatic rings. The lowest BCUT2D eigenvalue weighted by Gasteiger charge is -2.25. The molecule has 0 fully saturated rings. The van der Waals surface area contributed by atoms with E-state index in [4.69, 9.17) is 0 Å². The van der Waals surface area contributed by atoms with Gasteiger partial charge in [0.05, 0.1) is 6.54 Å². The van der Waals surface area contributed by atoms with Crippen molar-refractivity contribution in [1.82, 2.24) is 5.32 Å². The molecule has 1 aromatic carbocycles. The second-order valence-electron chi connectivity index (χ2n) is 5.65. The minimum absolute atomic E-state index is 0.0130. The van der Waals surface area contributed by atoms with Crippen LogP contribution < -0.4 is 10.2 Å². The van der Waals surface area contributed by atoms with E-state index in [0.29, 0.717) is 6.54 Å².